The molecule has 5 rings (SSSR count). The minimum absolute atomic E-state index is 0.0688. The molecule has 0 saturated carbocycles. The Hall–Kier alpha value is -3.76. The molecule has 0 spiro atoms. The third-order valence-electron chi connectivity index (χ3n) is 6.98. The second-order valence-corrected chi connectivity index (χ2v) is 8.78. The molecule has 0 bridgehead atoms. The maximum absolute atomic E-state index is 10.2. The van der Waals surface area contributed by atoms with Crippen LogP contribution in [0.1, 0.15) is 36.8 Å². The Morgan fingerprint density at radius 1 is 1.03 bits per heavy atom. The number of aromatic nitrogens is 2. The molecule has 0 atom stereocenters. The van der Waals surface area contributed by atoms with Crippen molar-refractivity contribution in [2.75, 3.05) is 36.0 Å². The van der Waals surface area contributed by atoms with Crippen LogP contribution in [-0.4, -0.2) is 41.6 Å². The van der Waals surface area contributed by atoms with E-state index < -0.39 is 0 Å². The van der Waals surface area contributed by atoms with Crippen molar-refractivity contribution in [3.63, 3.8) is 0 Å². The highest BCUT2D eigenvalue weighted by molar-refractivity contribution is 5.90. The van der Waals surface area contributed by atoms with Crippen molar-refractivity contribution in [3.8, 4) is 12.1 Å². The lowest BCUT2D eigenvalue weighted by Gasteiger charge is -2.36. The average molecular weight is 424 g/mol. The van der Waals surface area contributed by atoms with Crippen LogP contribution in [0.3, 0.4) is 0 Å². The van der Waals surface area contributed by atoms with E-state index in [1.165, 1.54) is 0 Å². The van der Waals surface area contributed by atoms with Gasteiger partial charge in [-0.05, 0) is 31.9 Å². The number of pyridine rings is 1. The Balaban J connectivity index is 1.74. The molecule has 0 amide bonds. The topological polar surface area (TPSA) is 75.7 Å². The van der Waals surface area contributed by atoms with Gasteiger partial charge in [0.25, 0.3) is 0 Å². The van der Waals surface area contributed by atoms with Crippen LogP contribution >= 0.6 is 0 Å². The molecule has 2 aromatic heterocycles. The Kier molecular flexibility index (Phi) is 5.08. The third-order valence-corrected chi connectivity index (χ3v) is 6.98. The summed E-state index contributed by atoms with van der Waals surface area (Å²) in [5.41, 5.74) is 5.21. The number of fused-ring (bicyclic) bond motifs is 3. The number of imidazole rings is 1. The maximum Gasteiger partial charge on any atom is 0.227 e. The highest BCUT2D eigenvalue weighted by atomic mass is 15.3. The van der Waals surface area contributed by atoms with E-state index >= 15 is 0 Å². The van der Waals surface area contributed by atoms with Gasteiger partial charge in [-0.3, -0.25) is 4.40 Å². The van der Waals surface area contributed by atoms with Gasteiger partial charge in [-0.1, -0.05) is 12.1 Å². The van der Waals surface area contributed by atoms with E-state index in [1.54, 1.807) is 0 Å². The monoisotopic (exact) mass is 423 g/mol. The summed E-state index contributed by atoms with van der Waals surface area (Å²) in [6, 6.07) is 13.0. The Morgan fingerprint density at radius 2 is 1.72 bits per heavy atom. The molecule has 32 heavy (non-hydrogen) atoms. The van der Waals surface area contributed by atoms with E-state index in [0.717, 1.165) is 80.0 Å². The van der Waals surface area contributed by atoms with Crippen molar-refractivity contribution in [2.45, 2.75) is 38.6 Å². The fourth-order valence-corrected chi connectivity index (χ4v) is 5.29. The van der Waals surface area contributed by atoms with E-state index in [2.05, 4.69) is 44.2 Å². The van der Waals surface area contributed by atoms with Gasteiger partial charge in [-0.25, -0.2) is 11.6 Å². The number of benzene rings is 1. The minimum Gasteiger partial charge on any atom is -0.369 e. The molecule has 0 unspecified atom stereocenters. The molecule has 2 aliphatic heterocycles. The first-order valence-corrected chi connectivity index (χ1v) is 11.3. The molecule has 0 N–H and O–H groups in total. The molecule has 1 aromatic carbocycles. The van der Waals surface area contributed by atoms with Gasteiger partial charge in [-0.15, -0.1) is 0 Å². The number of nitriles is 2. The van der Waals surface area contributed by atoms with Gasteiger partial charge < -0.3 is 14.6 Å². The van der Waals surface area contributed by atoms with E-state index in [9.17, 15) is 10.5 Å². The van der Waals surface area contributed by atoms with Crippen LogP contribution in [0.25, 0.3) is 21.5 Å². The molecule has 7 heteroatoms. The third kappa shape index (κ3) is 3.12. The SMILES string of the molecule is [C-]#[N+]C1CCN(c2c(C)c(N3CCC(C#N)CC3)n3c(nc4ccccc43)c2C#N)CC1. The van der Waals surface area contributed by atoms with Crippen molar-refractivity contribution >= 4 is 28.2 Å². The van der Waals surface area contributed by atoms with Crippen molar-refractivity contribution in [3.05, 3.63) is 46.8 Å². The number of piperidine rings is 2. The van der Waals surface area contributed by atoms with E-state index in [4.69, 9.17) is 11.6 Å². The second kappa shape index (κ2) is 8.06. The summed E-state index contributed by atoms with van der Waals surface area (Å²) in [6.07, 6.45) is 3.32. The number of rotatable bonds is 2. The van der Waals surface area contributed by atoms with E-state index in [0.29, 0.717) is 11.2 Å². The lowest BCUT2D eigenvalue weighted by atomic mass is 9.97. The normalized spacial score (nSPS) is 17.9. The quantitative estimate of drug-likeness (QED) is 0.575. The summed E-state index contributed by atoms with van der Waals surface area (Å²) in [5, 5.41) is 19.6. The summed E-state index contributed by atoms with van der Waals surface area (Å²) in [4.78, 5) is 13.3. The molecule has 4 heterocycles. The molecular formula is C25H25N7. The van der Waals surface area contributed by atoms with Crippen molar-refractivity contribution in [1.29, 1.82) is 10.5 Å². The minimum atomic E-state index is 0.0688. The standard InChI is InChI=1S/C25H25N7/c1-17-23(30-13-9-19(28-2)10-14-30)20(16-27)24-29-21-5-3-4-6-22(21)32(24)25(17)31-11-7-18(15-26)8-12-31/h3-6,18-19H,7-14H2,1H3. The summed E-state index contributed by atoms with van der Waals surface area (Å²) in [5.74, 6) is 1.18. The molecule has 160 valence electrons. The molecule has 2 aliphatic rings. The number of para-hydroxylation sites is 2. The zero-order valence-electron chi connectivity index (χ0n) is 18.3. The van der Waals surface area contributed by atoms with Gasteiger partial charge in [0.2, 0.25) is 6.04 Å². The highest BCUT2D eigenvalue weighted by Crippen LogP contribution is 2.40. The first-order chi connectivity index (χ1) is 15.7. The van der Waals surface area contributed by atoms with Gasteiger partial charge in [-0.2, -0.15) is 10.5 Å². The zero-order valence-corrected chi connectivity index (χ0v) is 18.3. The fourth-order valence-electron chi connectivity index (χ4n) is 5.29. The van der Waals surface area contributed by atoms with Crippen LogP contribution in [0.4, 0.5) is 11.5 Å². The van der Waals surface area contributed by atoms with Crippen LogP contribution in [0, 0.1) is 42.1 Å². The smallest absolute Gasteiger partial charge is 0.227 e. The Morgan fingerprint density at radius 3 is 2.38 bits per heavy atom. The first kappa shape index (κ1) is 20.2. The van der Waals surface area contributed by atoms with Gasteiger partial charge in [0.05, 0.1) is 22.8 Å². The average Bonchev–Trinajstić information content (AvgIpc) is 3.22. The van der Waals surface area contributed by atoms with Gasteiger partial charge in [0, 0.05) is 50.5 Å². The molecule has 7 nitrogen and oxygen atoms in total. The molecule has 3 aromatic rings. The van der Waals surface area contributed by atoms with Crippen molar-refractivity contribution < 1.29 is 0 Å². The lowest BCUT2D eigenvalue weighted by Crippen LogP contribution is -2.38. The van der Waals surface area contributed by atoms with E-state index in [1.807, 2.05) is 18.2 Å². The van der Waals surface area contributed by atoms with Crippen molar-refractivity contribution in [2.24, 2.45) is 5.92 Å². The first-order valence-electron chi connectivity index (χ1n) is 11.3. The predicted octanol–water partition coefficient (Wildman–Crippen LogP) is 4.30. The molecule has 0 aliphatic carbocycles. The molecular weight excluding hydrogens is 398 g/mol. The number of anilines is 2. The number of hydrogen-bond acceptors (Lipinski definition) is 5. The highest BCUT2D eigenvalue weighted by Gasteiger charge is 2.31. The fraction of sp³-hybridized carbons (Fsp3) is 0.440. The maximum atomic E-state index is 10.2. The van der Waals surface area contributed by atoms with Crippen LogP contribution < -0.4 is 9.80 Å². The predicted molar refractivity (Wildman–Crippen MR) is 125 cm³/mol. The summed E-state index contributed by atoms with van der Waals surface area (Å²) >= 11 is 0. The molecule has 2 saturated heterocycles. The van der Waals surface area contributed by atoms with Gasteiger partial charge in [0.15, 0.2) is 5.65 Å². The second-order valence-electron chi connectivity index (χ2n) is 8.78. The van der Waals surface area contributed by atoms with Crippen LogP contribution in [-0.2, 0) is 0 Å². The zero-order chi connectivity index (χ0) is 22.2. The summed E-state index contributed by atoms with van der Waals surface area (Å²) in [6.45, 7) is 12.6. The lowest BCUT2D eigenvalue weighted by molar-refractivity contribution is 0.484. The molecule has 2 fully saturated rings. The van der Waals surface area contributed by atoms with Crippen LogP contribution in [0.2, 0.25) is 0 Å². The number of nitrogens with zero attached hydrogens (tertiary/aromatic N) is 7. The Bertz CT molecular complexity index is 1300. The summed E-state index contributed by atoms with van der Waals surface area (Å²) < 4.78 is 2.14. The summed E-state index contributed by atoms with van der Waals surface area (Å²) in [7, 11) is 0. The van der Waals surface area contributed by atoms with Gasteiger partial charge in [0.1, 0.15) is 17.5 Å². The number of hydrogen-bond donors (Lipinski definition) is 0. The Labute approximate surface area is 187 Å². The van der Waals surface area contributed by atoms with Gasteiger partial charge >= 0.3 is 0 Å². The molecule has 0 radical (unpaired) electrons. The van der Waals surface area contributed by atoms with Crippen molar-refractivity contribution in [1.82, 2.24) is 9.38 Å². The van der Waals surface area contributed by atoms with Crippen LogP contribution in [0.15, 0.2) is 24.3 Å². The van der Waals surface area contributed by atoms with E-state index in [-0.39, 0.29) is 12.0 Å². The largest absolute Gasteiger partial charge is 0.369 e. The van der Waals surface area contributed by atoms with Crippen LogP contribution in [0.5, 0.6) is 0 Å².